The number of halogens is 1. The third kappa shape index (κ3) is 5.29. The Kier molecular flexibility index (Phi) is 5.90. The first-order valence-corrected chi connectivity index (χ1v) is 7.27. The third-order valence-corrected chi connectivity index (χ3v) is 3.45. The molecule has 2 nitrogen and oxygen atoms in total. The van der Waals surface area contributed by atoms with Gasteiger partial charge in [0, 0.05) is 19.6 Å². The highest BCUT2D eigenvalue weighted by Gasteiger charge is 2.18. The first-order valence-electron chi connectivity index (χ1n) is 7.27. The predicted octanol–water partition coefficient (Wildman–Crippen LogP) is 3.41. The fourth-order valence-corrected chi connectivity index (χ4v) is 2.27. The number of hydrogen-bond donors (Lipinski definition) is 1. The first kappa shape index (κ1) is 15.7. The van der Waals surface area contributed by atoms with Gasteiger partial charge in [0.05, 0.1) is 6.10 Å². The zero-order valence-electron chi connectivity index (χ0n) is 12.3. The number of benzene rings is 2. The molecule has 2 aromatic rings. The molecule has 0 aliphatic carbocycles. The zero-order valence-corrected chi connectivity index (χ0v) is 12.3. The number of aliphatic hydroxyl groups is 1. The van der Waals surface area contributed by atoms with Crippen LogP contribution < -0.4 is 0 Å². The van der Waals surface area contributed by atoms with Crippen LogP contribution in [0.4, 0.5) is 4.39 Å². The lowest BCUT2D eigenvalue weighted by molar-refractivity contribution is 0.0595. The van der Waals surface area contributed by atoms with Crippen molar-refractivity contribution in [2.45, 2.75) is 32.3 Å². The molecule has 21 heavy (non-hydrogen) atoms. The van der Waals surface area contributed by atoms with Gasteiger partial charge >= 0.3 is 0 Å². The van der Waals surface area contributed by atoms with E-state index in [9.17, 15) is 9.50 Å². The van der Waals surface area contributed by atoms with Gasteiger partial charge in [-0.3, -0.25) is 4.90 Å². The van der Waals surface area contributed by atoms with Crippen LogP contribution in [0.1, 0.15) is 18.1 Å². The van der Waals surface area contributed by atoms with Gasteiger partial charge < -0.3 is 5.11 Å². The molecule has 3 heteroatoms. The standard InChI is InChI=1S/C18H22FNO/c1-15(21)18(19)14-20(12-16-8-4-2-5-9-16)13-17-10-6-3-7-11-17/h2-11,15,18,21H,12-14H2,1H3/t15?,18-/m1/s1. The summed E-state index contributed by atoms with van der Waals surface area (Å²) >= 11 is 0. The molecule has 0 aliphatic heterocycles. The van der Waals surface area contributed by atoms with E-state index in [0.29, 0.717) is 13.1 Å². The molecule has 0 heterocycles. The number of hydrogen-bond acceptors (Lipinski definition) is 2. The molecule has 0 amide bonds. The normalized spacial score (nSPS) is 14.1. The van der Waals surface area contributed by atoms with Crippen molar-refractivity contribution in [3.63, 3.8) is 0 Å². The molecule has 1 N–H and O–H groups in total. The van der Waals surface area contributed by atoms with Crippen molar-refractivity contribution in [2.24, 2.45) is 0 Å². The molecule has 0 saturated carbocycles. The largest absolute Gasteiger partial charge is 0.390 e. The summed E-state index contributed by atoms with van der Waals surface area (Å²) in [5.41, 5.74) is 2.29. The minimum Gasteiger partial charge on any atom is -0.390 e. The molecule has 2 atom stereocenters. The summed E-state index contributed by atoms with van der Waals surface area (Å²) in [4.78, 5) is 2.03. The molecule has 0 bridgehead atoms. The van der Waals surface area contributed by atoms with Crippen molar-refractivity contribution < 1.29 is 9.50 Å². The number of aliphatic hydroxyl groups excluding tert-OH is 1. The molecule has 112 valence electrons. The van der Waals surface area contributed by atoms with E-state index in [4.69, 9.17) is 0 Å². The quantitative estimate of drug-likeness (QED) is 0.843. The lowest BCUT2D eigenvalue weighted by Gasteiger charge is -2.25. The molecule has 2 aromatic carbocycles. The molecule has 0 spiro atoms. The first-order chi connectivity index (χ1) is 10.1. The topological polar surface area (TPSA) is 23.5 Å². The second-order valence-electron chi connectivity index (χ2n) is 5.40. The SMILES string of the molecule is CC(O)[C@H](F)CN(Cc1ccccc1)Cc1ccccc1. The highest BCUT2D eigenvalue weighted by atomic mass is 19.1. The summed E-state index contributed by atoms with van der Waals surface area (Å²) in [6.07, 6.45) is -2.18. The minimum atomic E-state index is -1.24. The molecule has 0 radical (unpaired) electrons. The Bertz CT molecular complexity index is 474. The fourth-order valence-electron chi connectivity index (χ4n) is 2.27. The van der Waals surface area contributed by atoms with Gasteiger partial charge in [-0.05, 0) is 18.1 Å². The monoisotopic (exact) mass is 287 g/mol. The average Bonchev–Trinajstić information content (AvgIpc) is 2.49. The van der Waals surface area contributed by atoms with E-state index in [0.717, 1.165) is 11.1 Å². The van der Waals surface area contributed by atoms with Crippen LogP contribution in [0.2, 0.25) is 0 Å². The minimum absolute atomic E-state index is 0.224. The Morgan fingerprint density at radius 2 is 1.33 bits per heavy atom. The van der Waals surface area contributed by atoms with Gasteiger partial charge in [0.25, 0.3) is 0 Å². The molecule has 0 aromatic heterocycles. The summed E-state index contributed by atoms with van der Waals surface area (Å²) in [7, 11) is 0. The van der Waals surface area contributed by atoms with E-state index in [1.165, 1.54) is 6.92 Å². The van der Waals surface area contributed by atoms with Crippen molar-refractivity contribution >= 4 is 0 Å². The van der Waals surface area contributed by atoms with Crippen molar-refractivity contribution in [1.82, 2.24) is 4.90 Å². The van der Waals surface area contributed by atoms with E-state index < -0.39 is 12.3 Å². The van der Waals surface area contributed by atoms with Gasteiger partial charge in [-0.15, -0.1) is 0 Å². The molecule has 1 unspecified atom stereocenters. The van der Waals surface area contributed by atoms with Crippen LogP contribution in [0.5, 0.6) is 0 Å². The molecule has 2 rings (SSSR count). The Hall–Kier alpha value is -1.71. The van der Waals surface area contributed by atoms with Gasteiger partial charge in [0.15, 0.2) is 0 Å². The Morgan fingerprint density at radius 1 is 0.905 bits per heavy atom. The maximum atomic E-state index is 13.9. The van der Waals surface area contributed by atoms with Crippen molar-refractivity contribution in [2.75, 3.05) is 6.54 Å². The van der Waals surface area contributed by atoms with Gasteiger partial charge in [-0.1, -0.05) is 60.7 Å². The average molecular weight is 287 g/mol. The molecule has 0 aliphatic rings. The van der Waals surface area contributed by atoms with Crippen LogP contribution in [0, 0.1) is 0 Å². The summed E-state index contributed by atoms with van der Waals surface area (Å²) in [6, 6.07) is 20.0. The van der Waals surface area contributed by atoms with Crippen molar-refractivity contribution in [3.8, 4) is 0 Å². The van der Waals surface area contributed by atoms with Gasteiger partial charge in [0.1, 0.15) is 6.17 Å². The summed E-state index contributed by atoms with van der Waals surface area (Å²) in [5, 5.41) is 9.40. The highest BCUT2D eigenvalue weighted by Crippen LogP contribution is 2.12. The Labute approximate surface area is 125 Å². The number of rotatable bonds is 7. The summed E-state index contributed by atoms with van der Waals surface area (Å²) in [6.45, 7) is 3.06. The van der Waals surface area contributed by atoms with Crippen LogP contribution in [0.25, 0.3) is 0 Å². The van der Waals surface area contributed by atoms with Gasteiger partial charge in [0.2, 0.25) is 0 Å². The molecular weight excluding hydrogens is 265 g/mol. The molecule has 0 saturated heterocycles. The second-order valence-corrected chi connectivity index (χ2v) is 5.40. The lowest BCUT2D eigenvalue weighted by atomic mass is 10.1. The Balaban J connectivity index is 2.06. The highest BCUT2D eigenvalue weighted by molar-refractivity contribution is 5.17. The fraction of sp³-hybridized carbons (Fsp3) is 0.333. The Morgan fingerprint density at radius 3 is 1.71 bits per heavy atom. The lowest BCUT2D eigenvalue weighted by Crippen LogP contribution is -2.34. The summed E-state index contributed by atoms with van der Waals surface area (Å²) < 4.78 is 13.9. The van der Waals surface area contributed by atoms with Crippen LogP contribution in [-0.4, -0.2) is 28.8 Å². The van der Waals surface area contributed by atoms with E-state index in [2.05, 4.69) is 0 Å². The number of alkyl halides is 1. The summed E-state index contributed by atoms with van der Waals surface area (Å²) in [5.74, 6) is 0. The maximum Gasteiger partial charge on any atom is 0.138 e. The van der Waals surface area contributed by atoms with Crippen molar-refractivity contribution in [1.29, 1.82) is 0 Å². The van der Waals surface area contributed by atoms with E-state index >= 15 is 0 Å². The van der Waals surface area contributed by atoms with E-state index in [-0.39, 0.29) is 6.54 Å². The van der Waals surface area contributed by atoms with Crippen LogP contribution in [-0.2, 0) is 13.1 Å². The van der Waals surface area contributed by atoms with Gasteiger partial charge in [-0.2, -0.15) is 0 Å². The number of nitrogens with zero attached hydrogens (tertiary/aromatic N) is 1. The van der Waals surface area contributed by atoms with Crippen LogP contribution >= 0.6 is 0 Å². The predicted molar refractivity (Wildman–Crippen MR) is 83.6 cm³/mol. The van der Waals surface area contributed by atoms with E-state index in [1.807, 2.05) is 65.6 Å². The molecular formula is C18H22FNO. The van der Waals surface area contributed by atoms with E-state index in [1.54, 1.807) is 0 Å². The smallest absolute Gasteiger partial charge is 0.138 e. The van der Waals surface area contributed by atoms with Crippen LogP contribution in [0.3, 0.4) is 0 Å². The van der Waals surface area contributed by atoms with Crippen molar-refractivity contribution in [3.05, 3.63) is 71.8 Å². The third-order valence-electron chi connectivity index (χ3n) is 3.45. The maximum absolute atomic E-state index is 13.9. The second kappa shape index (κ2) is 7.91. The molecule has 0 fully saturated rings. The van der Waals surface area contributed by atoms with Crippen LogP contribution in [0.15, 0.2) is 60.7 Å². The van der Waals surface area contributed by atoms with Gasteiger partial charge in [-0.25, -0.2) is 4.39 Å². The zero-order chi connectivity index (χ0) is 15.1.